The maximum atomic E-state index is 11.1. The fourth-order valence-corrected chi connectivity index (χ4v) is 1.48. The molecule has 1 amide bonds. The van der Waals surface area contributed by atoms with Gasteiger partial charge in [-0.2, -0.15) is 0 Å². The molecular weight excluding hydrogens is 180 g/mol. The molecule has 0 aliphatic heterocycles. The number of hydrogen-bond donors (Lipinski definition) is 3. The standard InChI is InChI=1S/C10H10N2O2/c1-6-4-8-5-7(10(13)12-14)2-3-9(8)11-6/h2-5,11,14H,1H3,(H,12,13). The second kappa shape index (κ2) is 3.16. The van der Waals surface area contributed by atoms with E-state index in [9.17, 15) is 4.79 Å². The van der Waals surface area contributed by atoms with Crippen LogP contribution in [0, 0.1) is 6.92 Å². The molecular formula is C10H10N2O2. The number of benzene rings is 1. The Labute approximate surface area is 80.5 Å². The summed E-state index contributed by atoms with van der Waals surface area (Å²) in [6, 6.07) is 7.14. The molecule has 0 atom stereocenters. The van der Waals surface area contributed by atoms with Crippen LogP contribution in [0.25, 0.3) is 10.9 Å². The third-order valence-electron chi connectivity index (χ3n) is 2.12. The van der Waals surface area contributed by atoms with Crippen molar-refractivity contribution in [2.45, 2.75) is 6.92 Å². The van der Waals surface area contributed by atoms with Gasteiger partial charge in [-0.05, 0) is 31.2 Å². The van der Waals surface area contributed by atoms with Crippen molar-refractivity contribution in [3.05, 3.63) is 35.5 Å². The number of fused-ring (bicyclic) bond motifs is 1. The molecule has 0 saturated heterocycles. The number of H-pyrrole nitrogens is 1. The number of aromatic amines is 1. The van der Waals surface area contributed by atoms with E-state index in [2.05, 4.69) is 4.98 Å². The molecule has 1 heterocycles. The topological polar surface area (TPSA) is 65.1 Å². The van der Waals surface area contributed by atoms with Gasteiger partial charge in [0.1, 0.15) is 0 Å². The van der Waals surface area contributed by atoms with E-state index in [0.717, 1.165) is 16.6 Å². The summed E-state index contributed by atoms with van der Waals surface area (Å²) < 4.78 is 0. The Morgan fingerprint density at radius 3 is 2.93 bits per heavy atom. The predicted octanol–water partition coefficient (Wildman–Crippen LogP) is 1.60. The number of aromatic nitrogens is 1. The van der Waals surface area contributed by atoms with Crippen molar-refractivity contribution in [1.82, 2.24) is 10.5 Å². The molecule has 2 rings (SSSR count). The smallest absolute Gasteiger partial charge is 0.274 e. The number of nitrogens with one attached hydrogen (secondary N) is 2. The largest absolute Gasteiger partial charge is 0.359 e. The van der Waals surface area contributed by atoms with Gasteiger partial charge in [0.2, 0.25) is 0 Å². The summed E-state index contributed by atoms with van der Waals surface area (Å²) in [7, 11) is 0. The zero-order valence-electron chi connectivity index (χ0n) is 7.66. The summed E-state index contributed by atoms with van der Waals surface area (Å²) >= 11 is 0. The van der Waals surface area contributed by atoms with Crippen molar-refractivity contribution in [3.63, 3.8) is 0 Å². The number of hydroxylamine groups is 1. The minimum Gasteiger partial charge on any atom is -0.359 e. The van der Waals surface area contributed by atoms with Crippen LogP contribution in [0.5, 0.6) is 0 Å². The Kier molecular flexibility index (Phi) is 1.98. The van der Waals surface area contributed by atoms with Crippen LogP contribution < -0.4 is 5.48 Å². The number of aryl methyl sites for hydroxylation is 1. The van der Waals surface area contributed by atoms with Gasteiger partial charge in [-0.1, -0.05) is 0 Å². The lowest BCUT2D eigenvalue weighted by Gasteiger charge is -1.97. The molecule has 0 aliphatic carbocycles. The van der Waals surface area contributed by atoms with Gasteiger partial charge in [-0.15, -0.1) is 0 Å². The van der Waals surface area contributed by atoms with Crippen LogP contribution in [-0.2, 0) is 0 Å². The van der Waals surface area contributed by atoms with Crippen molar-refractivity contribution in [3.8, 4) is 0 Å². The van der Waals surface area contributed by atoms with Crippen molar-refractivity contribution in [2.75, 3.05) is 0 Å². The Hall–Kier alpha value is -1.81. The molecule has 1 aromatic heterocycles. The summed E-state index contributed by atoms with van der Waals surface area (Å²) in [6.07, 6.45) is 0. The molecule has 72 valence electrons. The van der Waals surface area contributed by atoms with Crippen LogP contribution in [-0.4, -0.2) is 16.1 Å². The molecule has 0 spiro atoms. The zero-order valence-corrected chi connectivity index (χ0v) is 7.66. The Morgan fingerprint density at radius 1 is 1.43 bits per heavy atom. The van der Waals surface area contributed by atoms with Gasteiger partial charge in [-0.3, -0.25) is 10.0 Å². The molecule has 0 fully saturated rings. The van der Waals surface area contributed by atoms with Crippen molar-refractivity contribution in [2.24, 2.45) is 0 Å². The molecule has 14 heavy (non-hydrogen) atoms. The monoisotopic (exact) mass is 190 g/mol. The number of carbonyl (C=O) groups excluding carboxylic acids is 1. The predicted molar refractivity (Wildman–Crippen MR) is 52.3 cm³/mol. The van der Waals surface area contributed by atoms with E-state index in [1.165, 1.54) is 0 Å². The van der Waals surface area contributed by atoms with Gasteiger partial charge in [0.05, 0.1) is 0 Å². The van der Waals surface area contributed by atoms with Gasteiger partial charge >= 0.3 is 0 Å². The molecule has 2 aromatic rings. The highest BCUT2D eigenvalue weighted by molar-refractivity contribution is 5.97. The number of amides is 1. The van der Waals surface area contributed by atoms with Crippen LogP contribution in [0.2, 0.25) is 0 Å². The van der Waals surface area contributed by atoms with E-state index < -0.39 is 5.91 Å². The molecule has 4 heteroatoms. The maximum Gasteiger partial charge on any atom is 0.274 e. The summed E-state index contributed by atoms with van der Waals surface area (Å²) in [5.74, 6) is -0.495. The molecule has 0 aliphatic rings. The fraction of sp³-hybridized carbons (Fsp3) is 0.100. The quantitative estimate of drug-likeness (QED) is 0.472. The van der Waals surface area contributed by atoms with Gasteiger partial charge in [0.25, 0.3) is 5.91 Å². The lowest BCUT2D eigenvalue weighted by molar-refractivity contribution is 0.0706. The van der Waals surface area contributed by atoms with Gasteiger partial charge in [0.15, 0.2) is 0 Å². The normalized spacial score (nSPS) is 10.4. The Morgan fingerprint density at radius 2 is 2.21 bits per heavy atom. The fourth-order valence-electron chi connectivity index (χ4n) is 1.48. The first kappa shape index (κ1) is 8.77. The SMILES string of the molecule is Cc1cc2cc(C(=O)NO)ccc2[nH]1. The van der Waals surface area contributed by atoms with Crippen LogP contribution in [0.3, 0.4) is 0 Å². The first-order chi connectivity index (χ1) is 6.70. The highest BCUT2D eigenvalue weighted by Crippen LogP contribution is 2.16. The summed E-state index contributed by atoms with van der Waals surface area (Å²) in [4.78, 5) is 14.2. The van der Waals surface area contributed by atoms with Gasteiger partial charge < -0.3 is 4.98 Å². The maximum absolute atomic E-state index is 11.1. The van der Waals surface area contributed by atoms with Crippen molar-refractivity contribution >= 4 is 16.8 Å². The number of hydrogen-bond acceptors (Lipinski definition) is 2. The lowest BCUT2D eigenvalue weighted by atomic mass is 10.1. The first-order valence-corrected chi connectivity index (χ1v) is 4.24. The lowest BCUT2D eigenvalue weighted by Crippen LogP contribution is -2.18. The average molecular weight is 190 g/mol. The number of rotatable bonds is 1. The zero-order chi connectivity index (χ0) is 10.1. The highest BCUT2D eigenvalue weighted by atomic mass is 16.5. The van der Waals surface area contributed by atoms with Gasteiger partial charge in [-0.25, -0.2) is 5.48 Å². The molecule has 0 unspecified atom stereocenters. The van der Waals surface area contributed by atoms with Crippen LogP contribution in [0.15, 0.2) is 24.3 Å². The van der Waals surface area contributed by atoms with Crippen LogP contribution in [0.1, 0.15) is 16.1 Å². The third kappa shape index (κ3) is 1.36. The van der Waals surface area contributed by atoms with Crippen LogP contribution >= 0.6 is 0 Å². The molecule has 0 radical (unpaired) electrons. The van der Waals surface area contributed by atoms with E-state index in [4.69, 9.17) is 5.21 Å². The third-order valence-corrected chi connectivity index (χ3v) is 2.12. The van der Waals surface area contributed by atoms with Crippen LogP contribution in [0.4, 0.5) is 0 Å². The molecule has 4 nitrogen and oxygen atoms in total. The first-order valence-electron chi connectivity index (χ1n) is 4.24. The van der Waals surface area contributed by atoms with E-state index >= 15 is 0 Å². The summed E-state index contributed by atoms with van der Waals surface area (Å²) in [6.45, 7) is 1.95. The summed E-state index contributed by atoms with van der Waals surface area (Å²) in [5.41, 5.74) is 4.07. The molecule has 3 N–H and O–H groups in total. The second-order valence-electron chi connectivity index (χ2n) is 3.20. The van der Waals surface area contributed by atoms with Crippen molar-refractivity contribution in [1.29, 1.82) is 0 Å². The Balaban J connectivity index is 2.55. The minimum atomic E-state index is -0.495. The highest BCUT2D eigenvalue weighted by Gasteiger charge is 2.05. The summed E-state index contributed by atoms with van der Waals surface area (Å²) in [5, 5.41) is 9.42. The van der Waals surface area contributed by atoms with E-state index in [-0.39, 0.29) is 0 Å². The Bertz CT molecular complexity index is 488. The second-order valence-corrected chi connectivity index (χ2v) is 3.20. The molecule has 0 saturated carbocycles. The molecule has 0 bridgehead atoms. The van der Waals surface area contributed by atoms with E-state index in [1.807, 2.05) is 19.1 Å². The van der Waals surface area contributed by atoms with Gasteiger partial charge in [0, 0.05) is 22.2 Å². The van der Waals surface area contributed by atoms with E-state index in [0.29, 0.717) is 5.56 Å². The molecule has 1 aromatic carbocycles. The van der Waals surface area contributed by atoms with Crippen molar-refractivity contribution < 1.29 is 10.0 Å². The number of carbonyl (C=O) groups is 1. The van der Waals surface area contributed by atoms with E-state index in [1.54, 1.807) is 17.6 Å². The minimum absolute atomic E-state index is 0.444. The average Bonchev–Trinajstić information content (AvgIpc) is 2.55.